The second-order valence-electron chi connectivity index (χ2n) is 6.96. The predicted octanol–water partition coefficient (Wildman–Crippen LogP) is 1.73. The maximum atomic E-state index is 12.7. The molecule has 0 spiro atoms. The van der Waals surface area contributed by atoms with Gasteiger partial charge in [-0.05, 0) is 36.8 Å². The SMILES string of the molecule is O=C(CN1C(=O)[C@@H]2[C@@H](C1=O)[C@H]1C=C[C@H]2CC1)Nc1ccc([N+](=O)[O-])cc1. The summed E-state index contributed by atoms with van der Waals surface area (Å²) in [5.41, 5.74) is 0.291. The standard InChI is InChI=1S/C18H17N3O5/c22-14(19-12-5-7-13(8-6-12)21(25)26)9-20-17(23)15-10-1-2-11(4-3-10)16(15)18(20)24/h1-2,5-8,10-11,15-16H,3-4,9H2,(H,19,22)/t10-,11-,15-,16-/m0/s1. The minimum absolute atomic E-state index is 0.0834. The van der Waals surface area contributed by atoms with E-state index < -0.39 is 10.8 Å². The summed E-state index contributed by atoms with van der Waals surface area (Å²) < 4.78 is 0. The molecule has 26 heavy (non-hydrogen) atoms. The van der Waals surface area contributed by atoms with Gasteiger partial charge in [0.05, 0.1) is 16.8 Å². The van der Waals surface area contributed by atoms with Crippen LogP contribution in [0.4, 0.5) is 11.4 Å². The topological polar surface area (TPSA) is 110 Å². The minimum Gasteiger partial charge on any atom is -0.325 e. The Balaban J connectivity index is 1.44. The lowest BCUT2D eigenvalue weighted by Gasteiger charge is -2.38. The van der Waals surface area contributed by atoms with Gasteiger partial charge < -0.3 is 5.32 Å². The summed E-state index contributed by atoms with van der Waals surface area (Å²) in [6.07, 6.45) is 5.87. The zero-order valence-electron chi connectivity index (χ0n) is 13.8. The molecule has 8 nitrogen and oxygen atoms in total. The van der Waals surface area contributed by atoms with Gasteiger partial charge in [-0.3, -0.25) is 29.4 Å². The van der Waals surface area contributed by atoms with E-state index in [1.807, 2.05) is 12.2 Å². The Morgan fingerprint density at radius 3 is 2.08 bits per heavy atom. The highest BCUT2D eigenvalue weighted by Gasteiger charge is 2.56. The van der Waals surface area contributed by atoms with Crippen LogP contribution in [0.2, 0.25) is 0 Å². The zero-order valence-corrected chi connectivity index (χ0v) is 13.8. The van der Waals surface area contributed by atoms with E-state index >= 15 is 0 Å². The van der Waals surface area contributed by atoms with E-state index in [1.54, 1.807) is 0 Å². The molecular formula is C18H17N3O5. The molecule has 2 fully saturated rings. The Morgan fingerprint density at radius 1 is 1.08 bits per heavy atom. The number of non-ortho nitro benzene ring substituents is 1. The molecule has 5 rings (SSSR count). The Bertz CT molecular complexity index is 800. The van der Waals surface area contributed by atoms with Crippen molar-refractivity contribution in [3.8, 4) is 0 Å². The number of fused-ring (bicyclic) bond motifs is 1. The number of amides is 3. The van der Waals surface area contributed by atoms with Gasteiger partial charge in [0.2, 0.25) is 17.7 Å². The van der Waals surface area contributed by atoms with E-state index in [4.69, 9.17) is 0 Å². The molecule has 134 valence electrons. The van der Waals surface area contributed by atoms with Crippen molar-refractivity contribution in [2.45, 2.75) is 12.8 Å². The third-order valence-electron chi connectivity index (χ3n) is 5.51. The van der Waals surface area contributed by atoms with E-state index in [0.717, 1.165) is 17.7 Å². The maximum absolute atomic E-state index is 12.7. The Morgan fingerprint density at radius 2 is 1.62 bits per heavy atom. The highest BCUT2D eigenvalue weighted by molar-refractivity contribution is 6.09. The lowest BCUT2D eigenvalue weighted by molar-refractivity contribution is -0.384. The number of hydrogen-bond donors (Lipinski definition) is 1. The molecule has 3 amide bonds. The van der Waals surface area contributed by atoms with Crippen molar-refractivity contribution in [1.82, 2.24) is 4.90 Å². The number of nitro benzene ring substituents is 1. The molecule has 1 aromatic rings. The van der Waals surface area contributed by atoms with Crippen LogP contribution >= 0.6 is 0 Å². The molecule has 8 heteroatoms. The van der Waals surface area contributed by atoms with Crippen LogP contribution in [0.15, 0.2) is 36.4 Å². The van der Waals surface area contributed by atoms with Crippen molar-refractivity contribution in [1.29, 1.82) is 0 Å². The van der Waals surface area contributed by atoms with Crippen molar-refractivity contribution >= 4 is 29.1 Å². The first-order valence-corrected chi connectivity index (χ1v) is 8.53. The van der Waals surface area contributed by atoms with Gasteiger partial charge in [-0.2, -0.15) is 0 Å². The molecule has 0 aromatic heterocycles. The lowest BCUT2D eigenvalue weighted by atomic mass is 9.63. The average molecular weight is 355 g/mol. The van der Waals surface area contributed by atoms with E-state index in [2.05, 4.69) is 5.32 Å². The Hall–Kier alpha value is -3.03. The first-order chi connectivity index (χ1) is 12.5. The predicted molar refractivity (Wildman–Crippen MR) is 90.8 cm³/mol. The number of rotatable bonds is 4. The molecular weight excluding hydrogens is 338 g/mol. The first kappa shape index (κ1) is 16.4. The monoisotopic (exact) mass is 355 g/mol. The molecule has 1 saturated heterocycles. The number of allylic oxidation sites excluding steroid dienone is 2. The van der Waals surface area contributed by atoms with Crippen molar-refractivity contribution in [3.05, 3.63) is 46.5 Å². The van der Waals surface area contributed by atoms with Crippen LogP contribution in [0.1, 0.15) is 12.8 Å². The summed E-state index contributed by atoms with van der Waals surface area (Å²) >= 11 is 0. The van der Waals surface area contributed by atoms with Crippen LogP contribution in [0.3, 0.4) is 0 Å². The number of nitrogens with one attached hydrogen (secondary N) is 1. The van der Waals surface area contributed by atoms with E-state index in [-0.39, 0.29) is 47.7 Å². The van der Waals surface area contributed by atoms with Crippen LogP contribution in [0.5, 0.6) is 0 Å². The molecule has 1 saturated carbocycles. The van der Waals surface area contributed by atoms with Gasteiger partial charge in [-0.1, -0.05) is 12.2 Å². The number of likely N-dealkylation sites (tertiary alicyclic amines) is 1. The van der Waals surface area contributed by atoms with Crippen LogP contribution in [-0.4, -0.2) is 34.1 Å². The van der Waals surface area contributed by atoms with Gasteiger partial charge in [0.15, 0.2) is 0 Å². The number of carbonyl (C=O) groups is 3. The van der Waals surface area contributed by atoms with Crippen molar-refractivity contribution < 1.29 is 19.3 Å². The van der Waals surface area contributed by atoms with Gasteiger partial charge >= 0.3 is 0 Å². The summed E-state index contributed by atoms with van der Waals surface area (Å²) in [5, 5.41) is 13.2. The summed E-state index contributed by atoms with van der Waals surface area (Å²) in [7, 11) is 0. The molecule has 1 heterocycles. The molecule has 4 atom stereocenters. The Labute approximate surface area is 149 Å². The van der Waals surface area contributed by atoms with E-state index in [9.17, 15) is 24.5 Å². The van der Waals surface area contributed by atoms with Gasteiger partial charge in [0, 0.05) is 17.8 Å². The number of hydrogen-bond acceptors (Lipinski definition) is 5. The molecule has 0 radical (unpaired) electrons. The van der Waals surface area contributed by atoms with Crippen molar-refractivity contribution in [2.24, 2.45) is 23.7 Å². The highest BCUT2D eigenvalue weighted by atomic mass is 16.6. The number of benzene rings is 1. The van der Waals surface area contributed by atoms with E-state index in [0.29, 0.717) is 5.69 Å². The zero-order chi connectivity index (χ0) is 18.4. The normalized spacial score (nSPS) is 29.0. The molecule has 1 N–H and O–H groups in total. The Kier molecular flexibility index (Phi) is 3.82. The number of anilines is 1. The fourth-order valence-electron chi connectivity index (χ4n) is 4.30. The largest absolute Gasteiger partial charge is 0.325 e. The summed E-state index contributed by atoms with van der Waals surface area (Å²) in [6, 6.07) is 5.38. The number of nitro groups is 1. The lowest BCUT2D eigenvalue weighted by Crippen LogP contribution is -2.38. The minimum atomic E-state index is -0.531. The molecule has 1 aromatic carbocycles. The van der Waals surface area contributed by atoms with Crippen molar-refractivity contribution in [2.75, 3.05) is 11.9 Å². The second-order valence-corrected chi connectivity index (χ2v) is 6.96. The summed E-state index contributed by atoms with van der Waals surface area (Å²) in [6.45, 7) is -0.332. The van der Waals surface area contributed by atoms with Crippen LogP contribution in [0, 0.1) is 33.8 Å². The number of nitrogens with zero attached hydrogens (tertiary/aromatic N) is 2. The first-order valence-electron chi connectivity index (χ1n) is 8.53. The van der Waals surface area contributed by atoms with Gasteiger partial charge in [0.1, 0.15) is 6.54 Å². The van der Waals surface area contributed by atoms with Gasteiger partial charge in [0.25, 0.3) is 5.69 Å². The molecule has 0 unspecified atom stereocenters. The third-order valence-corrected chi connectivity index (χ3v) is 5.51. The molecule has 1 aliphatic heterocycles. The van der Waals surface area contributed by atoms with Crippen LogP contribution < -0.4 is 5.32 Å². The van der Waals surface area contributed by atoms with Gasteiger partial charge in [-0.25, -0.2) is 0 Å². The van der Waals surface area contributed by atoms with Crippen molar-refractivity contribution in [3.63, 3.8) is 0 Å². The summed E-state index contributed by atoms with van der Waals surface area (Å²) in [5.74, 6) is -1.53. The molecule has 3 aliphatic carbocycles. The van der Waals surface area contributed by atoms with Crippen LogP contribution in [-0.2, 0) is 14.4 Å². The second kappa shape index (κ2) is 6.05. The fraction of sp³-hybridized carbons (Fsp3) is 0.389. The van der Waals surface area contributed by atoms with Crippen LogP contribution in [0.25, 0.3) is 0 Å². The quantitative estimate of drug-likeness (QED) is 0.383. The average Bonchev–Trinajstić information content (AvgIpc) is 2.90. The number of carbonyl (C=O) groups excluding carboxylic acids is 3. The third kappa shape index (κ3) is 2.58. The molecule has 2 bridgehead atoms. The number of imide groups is 1. The van der Waals surface area contributed by atoms with Gasteiger partial charge in [-0.15, -0.1) is 0 Å². The summed E-state index contributed by atoms with van der Waals surface area (Å²) in [4.78, 5) is 48.8. The smallest absolute Gasteiger partial charge is 0.269 e. The maximum Gasteiger partial charge on any atom is 0.269 e. The fourth-order valence-corrected chi connectivity index (χ4v) is 4.30. The molecule has 4 aliphatic rings. The highest BCUT2D eigenvalue weighted by Crippen LogP contribution is 2.49. The van der Waals surface area contributed by atoms with E-state index in [1.165, 1.54) is 24.3 Å².